The number of benzene rings is 2. The zero-order chi connectivity index (χ0) is 35.2. The molecule has 10 nitrogen and oxygen atoms in total. The molecule has 256 valence electrons. The average Bonchev–Trinajstić information content (AvgIpc) is 3.58. The molecule has 0 bridgehead atoms. The van der Waals surface area contributed by atoms with E-state index < -0.39 is 63.9 Å². The van der Waals surface area contributed by atoms with Gasteiger partial charge in [-0.2, -0.15) is 22.2 Å². The first-order valence-corrected chi connectivity index (χ1v) is 14.8. The van der Waals surface area contributed by atoms with Crippen molar-refractivity contribution in [1.29, 1.82) is 0 Å². The lowest BCUT2D eigenvalue weighted by Gasteiger charge is -2.37. The van der Waals surface area contributed by atoms with E-state index in [4.69, 9.17) is 0 Å². The van der Waals surface area contributed by atoms with Crippen LogP contribution in [0.5, 0.6) is 0 Å². The third-order valence-electron chi connectivity index (χ3n) is 8.09. The number of aliphatic hydroxyl groups excluding tert-OH is 1. The third-order valence-corrected chi connectivity index (χ3v) is 8.09. The Morgan fingerprint density at radius 2 is 1.47 bits per heavy atom. The Morgan fingerprint density at radius 1 is 0.816 bits per heavy atom. The monoisotopic (exact) mass is 688 g/mol. The molecular formula is C32H27F7N8O2. The van der Waals surface area contributed by atoms with Gasteiger partial charge in [-0.05, 0) is 71.8 Å². The first-order chi connectivity index (χ1) is 23.1. The summed E-state index contributed by atoms with van der Waals surface area (Å²) in [6, 6.07) is 9.80. The second-order valence-corrected chi connectivity index (χ2v) is 11.8. The molecule has 0 spiro atoms. The van der Waals surface area contributed by atoms with E-state index in [1.54, 1.807) is 6.07 Å². The lowest BCUT2D eigenvalue weighted by atomic mass is 9.92. The van der Waals surface area contributed by atoms with Gasteiger partial charge in [-0.15, -0.1) is 5.10 Å². The first-order valence-electron chi connectivity index (χ1n) is 14.8. The predicted octanol–water partition coefficient (Wildman–Crippen LogP) is 5.49. The number of hydrogen-bond donors (Lipinski definition) is 2. The minimum atomic E-state index is -4.85. The van der Waals surface area contributed by atoms with E-state index in [9.17, 15) is 27.8 Å². The van der Waals surface area contributed by atoms with Gasteiger partial charge in [0.2, 0.25) is 5.95 Å². The van der Waals surface area contributed by atoms with Gasteiger partial charge in [0.15, 0.2) is 11.9 Å². The number of tetrazole rings is 1. The van der Waals surface area contributed by atoms with E-state index in [2.05, 4.69) is 25.5 Å². The minimum absolute atomic E-state index is 0.0127. The summed E-state index contributed by atoms with van der Waals surface area (Å²) in [6.45, 7) is 4.10. The molecular weight excluding hydrogens is 661 g/mol. The van der Waals surface area contributed by atoms with E-state index in [1.165, 1.54) is 38.2 Å². The second-order valence-electron chi connectivity index (χ2n) is 11.8. The van der Waals surface area contributed by atoms with Crippen LogP contribution in [0.1, 0.15) is 31.3 Å². The number of aliphatic hydroxyl groups is 2. The second kappa shape index (κ2) is 12.7. The number of alkyl halides is 3. The highest BCUT2D eigenvalue weighted by Gasteiger charge is 2.40. The van der Waals surface area contributed by atoms with Crippen molar-refractivity contribution in [3.63, 3.8) is 0 Å². The van der Waals surface area contributed by atoms with Crippen molar-refractivity contribution in [2.24, 2.45) is 0 Å². The third kappa shape index (κ3) is 6.63. The van der Waals surface area contributed by atoms with Gasteiger partial charge in [-0.1, -0.05) is 6.07 Å². The van der Waals surface area contributed by atoms with Crippen LogP contribution in [0, 0.1) is 23.4 Å². The summed E-state index contributed by atoms with van der Waals surface area (Å²) in [5, 5.41) is 30.8. The fourth-order valence-electron chi connectivity index (χ4n) is 5.66. The van der Waals surface area contributed by atoms with Gasteiger partial charge in [0.05, 0.1) is 23.1 Å². The van der Waals surface area contributed by atoms with Crippen LogP contribution in [0.4, 0.5) is 42.1 Å². The molecule has 5 aromatic rings. The van der Waals surface area contributed by atoms with Crippen LogP contribution in [0.2, 0.25) is 0 Å². The number of rotatable bonds is 7. The minimum Gasteiger partial charge on any atom is -0.384 e. The average molecular weight is 689 g/mol. The van der Waals surface area contributed by atoms with Crippen LogP contribution in [-0.2, 0) is 5.60 Å². The van der Waals surface area contributed by atoms with Crippen LogP contribution in [0.15, 0.2) is 61.1 Å². The number of piperazine rings is 1. The zero-order valence-electron chi connectivity index (χ0n) is 25.8. The molecule has 1 aliphatic rings. The molecule has 49 heavy (non-hydrogen) atoms. The van der Waals surface area contributed by atoms with Crippen LogP contribution in [-0.4, -0.2) is 72.7 Å². The van der Waals surface area contributed by atoms with Crippen molar-refractivity contribution in [3.05, 3.63) is 95.8 Å². The number of pyridine rings is 2. The molecule has 3 aromatic heterocycles. The number of halogens is 7. The van der Waals surface area contributed by atoms with E-state index in [0.29, 0.717) is 43.6 Å². The SMILES string of the molecule is CC(C)(O)c1nc(F)c(-c2ccc(N3CCN(c4ccc(C(O)C(F)(F)F)nc4)CC3)cc2-c2ccc(F)cc2F)c(F)c1-n1cnnn1. The molecule has 0 aliphatic carbocycles. The number of nitrogens with zero attached hydrogens (tertiary/aromatic N) is 8. The lowest BCUT2D eigenvalue weighted by Crippen LogP contribution is -2.46. The van der Waals surface area contributed by atoms with Gasteiger partial charge >= 0.3 is 6.18 Å². The number of anilines is 2. The maximum absolute atomic E-state index is 16.5. The van der Waals surface area contributed by atoms with Crippen molar-refractivity contribution in [2.75, 3.05) is 36.0 Å². The summed E-state index contributed by atoms with van der Waals surface area (Å²) >= 11 is 0. The molecule has 2 N–H and O–H groups in total. The smallest absolute Gasteiger partial charge is 0.384 e. The van der Waals surface area contributed by atoms with E-state index in [-0.39, 0.29) is 16.7 Å². The summed E-state index contributed by atoms with van der Waals surface area (Å²) in [5.74, 6) is -4.35. The van der Waals surface area contributed by atoms with Crippen LogP contribution >= 0.6 is 0 Å². The van der Waals surface area contributed by atoms with E-state index in [1.807, 2.05) is 9.80 Å². The molecule has 1 unspecified atom stereocenters. The Bertz CT molecular complexity index is 1980. The predicted molar refractivity (Wildman–Crippen MR) is 163 cm³/mol. The Morgan fingerprint density at radius 3 is 2.04 bits per heavy atom. The molecule has 4 heterocycles. The largest absolute Gasteiger partial charge is 0.420 e. The van der Waals surface area contributed by atoms with Gasteiger partial charge in [-0.25, -0.2) is 18.2 Å². The van der Waals surface area contributed by atoms with Gasteiger partial charge in [0, 0.05) is 43.5 Å². The normalized spacial score (nSPS) is 14.8. The van der Waals surface area contributed by atoms with E-state index in [0.717, 1.165) is 29.2 Å². The molecule has 1 atom stereocenters. The molecule has 1 aliphatic heterocycles. The molecule has 0 saturated carbocycles. The lowest BCUT2D eigenvalue weighted by molar-refractivity contribution is -0.207. The number of aromatic nitrogens is 6. The highest BCUT2D eigenvalue weighted by atomic mass is 19.4. The van der Waals surface area contributed by atoms with Crippen molar-refractivity contribution in [3.8, 4) is 27.9 Å². The van der Waals surface area contributed by atoms with Gasteiger partial charge in [0.1, 0.15) is 34.9 Å². The molecule has 0 amide bonds. The summed E-state index contributed by atoms with van der Waals surface area (Å²) in [5.41, 5.74) is -3.06. The standard InChI is InChI=1S/C32H27F7N8O2/c1-31(2,49)28-27(47-16-41-43-44-47)26(35)25(30(36)42-28)21-7-4-18(14-22(21)20-6-3-17(33)13-23(20)34)45-9-11-46(12-10-45)19-5-8-24(40-15-19)29(48)32(37,38)39/h3-8,13-16,29,48-49H,9-12H2,1-2H3. The summed E-state index contributed by atoms with van der Waals surface area (Å²) in [6.07, 6.45) is -5.27. The highest BCUT2D eigenvalue weighted by Crippen LogP contribution is 2.42. The maximum atomic E-state index is 16.5. The summed E-state index contributed by atoms with van der Waals surface area (Å²) in [4.78, 5) is 11.4. The summed E-state index contributed by atoms with van der Waals surface area (Å²) in [7, 11) is 0. The zero-order valence-corrected chi connectivity index (χ0v) is 25.8. The van der Waals surface area contributed by atoms with Crippen molar-refractivity contribution in [1.82, 2.24) is 30.2 Å². The van der Waals surface area contributed by atoms with Gasteiger partial charge < -0.3 is 20.0 Å². The topological polar surface area (TPSA) is 116 Å². The molecule has 0 radical (unpaired) electrons. The Kier molecular flexibility index (Phi) is 8.74. The molecule has 1 saturated heterocycles. The van der Waals surface area contributed by atoms with Crippen LogP contribution in [0.25, 0.3) is 27.9 Å². The fraction of sp³-hybridized carbons (Fsp3) is 0.281. The van der Waals surface area contributed by atoms with Gasteiger partial charge in [-0.3, -0.25) is 4.98 Å². The van der Waals surface area contributed by atoms with Gasteiger partial charge in [0.25, 0.3) is 0 Å². The Hall–Kier alpha value is -5.16. The molecule has 1 fully saturated rings. The Labute approximate surface area is 274 Å². The number of hydrogen-bond acceptors (Lipinski definition) is 9. The van der Waals surface area contributed by atoms with Crippen molar-refractivity contribution >= 4 is 11.4 Å². The molecule has 17 heteroatoms. The first kappa shape index (κ1) is 33.7. The van der Waals surface area contributed by atoms with Crippen LogP contribution in [0.3, 0.4) is 0 Å². The van der Waals surface area contributed by atoms with Crippen LogP contribution < -0.4 is 9.80 Å². The molecule has 6 rings (SSSR count). The summed E-state index contributed by atoms with van der Waals surface area (Å²) < 4.78 is 101. The van der Waals surface area contributed by atoms with E-state index >= 15 is 13.2 Å². The highest BCUT2D eigenvalue weighted by molar-refractivity contribution is 5.87. The molecule has 2 aromatic carbocycles. The maximum Gasteiger partial charge on any atom is 0.420 e. The Balaban J connectivity index is 1.37. The van der Waals surface area contributed by atoms with Crippen molar-refractivity contribution < 1.29 is 40.9 Å². The quantitative estimate of drug-likeness (QED) is 0.169. The van der Waals surface area contributed by atoms with Crippen molar-refractivity contribution in [2.45, 2.75) is 31.7 Å². The fourth-order valence-corrected chi connectivity index (χ4v) is 5.66.